The number of anilines is 1. The van der Waals surface area contributed by atoms with Gasteiger partial charge in [0.05, 0.1) is 38.3 Å². The van der Waals surface area contributed by atoms with Gasteiger partial charge in [0.15, 0.2) is 12.4 Å². The van der Waals surface area contributed by atoms with Crippen LogP contribution >= 0.6 is 15.9 Å². The smallest absolute Gasteiger partial charge is 0.362 e. The van der Waals surface area contributed by atoms with Crippen LogP contribution in [0.4, 0.5) is 5.69 Å². The summed E-state index contributed by atoms with van der Waals surface area (Å²) < 4.78 is 22.7. The molecule has 0 bridgehead atoms. The fourth-order valence-corrected chi connectivity index (χ4v) is 3.31. The SMILES string of the molecule is CCOC(=O)c1nn(-c2cccc(Br)c2)c(=O)cc1OCC(=O)Nc1cc(OC)ccc1OC. The van der Waals surface area contributed by atoms with Crippen molar-refractivity contribution in [2.24, 2.45) is 0 Å². The Morgan fingerprint density at radius 1 is 1.06 bits per heavy atom. The zero-order valence-corrected chi connectivity index (χ0v) is 20.2. The summed E-state index contributed by atoms with van der Waals surface area (Å²) in [6.45, 7) is 1.22. The molecule has 1 N–H and O–H groups in total. The molecule has 10 nitrogen and oxygen atoms in total. The number of nitrogens with zero attached hydrogens (tertiary/aromatic N) is 2. The van der Waals surface area contributed by atoms with Crippen molar-refractivity contribution < 1.29 is 28.5 Å². The average Bonchev–Trinajstić information content (AvgIpc) is 2.82. The molecule has 0 atom stereocenters. The van der Waals surface area contributed by atoms with E-state index >= 15 is 0 Å². The first-order chi connectivity index (χ1) is 16.4. The number of hydrogen-bond acceptors (Lipinski definition) is 8. The molecule has 0 radical (unpaired) electrons. The van der Waals surface area contributed by atoms with E-state index in [1.165, 1.54) is 14.2 Å². The van der Waals surface area contributed by atoms with Gasteiger partial charge in [-0.3, -0.25) is 9.59 Å². The summed E-state index contributed by atoms with van der Waals surface area (Å²) in [6.07, 6.45) is 0. The molecule has 1 aromatic heterocycles. The second kappa shape index (κ2) is 11.3. The molecule has 34 heavy (non-hydrogen) atoms. The molecule has 0 aliphatic heterocycles. The van der Waals surface area contributed by atoms with Crippen LogP contribution in [0.3, 0.4) is 0 Å². The first-order valence-corrected chi connectivity index (χ1v) is 10.9. The van der Waals surface area contributed by atoms with Crippen molar-refractivity contribution in [3.8, 4) is 22.9 Å². The second-order valence-corrected chi connectivity index (χ2v) is 7.63. The van der Waals surface area contributed by atoms with Crippen molar-refractivity contribution >= 4 is 33.5 Å². The lowest BCUT2D eigenvalue weighted by Gasteiger charge is -2.14. The maximum absolute atomic E-state index is 12.7. The van der Waals surface area contributed by atoms with Crippen LogP contribution in [-0.2, 0) is 9.53 Å². The molecule has 0 spiro atoms. The third kappa shape index (κ3) is 5.93. The Kier molecular flexibility index (Phi) is 8.25. The highest BCUT2D eigenvalue weighted by molar-refractivity contribution is 9.10. The van der Waals surface area contributed by atoms with Crippen LogP contribution in [0.25, 0.3) is 5.69 Å². The monoisotopic (exact) mass is 531 g/mol. The average molecular weight is 532 g/mol. The van der Waals surface area contributed by atoms with Gasteiger partial charge in [-0.25, -0.2) is 4.79 Å². The van der Waals surface area contributed by atoms with Crippen LogP contribution in [-0.4, -0.2) is 49.1 Å². The van der Waals surface area contributed by atoms with E-state index in [1.807, 2.05) is 0 Å². The third-order valence-corrected chi connectivity index (χ3v) is 4.95. The van der Waals surface area contributed by atoms with E-state index in [-0.39, 0.29) is 18.1 Å². The number of halogens is 1. The van der Waals surface area contributed by atoms with Gasteiger partial charge in [-0.1, -0.05) is 22.0 Å². The number of amides is 1. The Morgan fingerprint density at radius 3 is 2.53 bits per heavy atom. The van der Waals surface area contributed by atoms with E-state index in [2.05, 4.69) is 26.3 Å². The molecule has 178 valence electrons. The number of rotatable bonds is 9. The summed E-state index contributed by atoms with van der Waals surface area (Å²) in [5.74, 6) is -0.599. The number of carbonyl (C=O) groups excluding carboxylic acids is 2. The topological polar surface area (TPSA) is 118 Å². The van der Waals surface area contributed by atoms with E-state index in [0.29, 0.717) is 22.9 Å². The molecule has 0 saturated carbocycles. The molecule has 3 aromatic rings. The Balaban J connectivity index is 1.86. The summed E-state index contributed by atoms with van der Waals surface area (Å²) >= 11 is 3.34. The summed E-state index contributed by atoms with van der Waals surface area (Å²) in [5.41, 5.74) is -0.00666. The van der Waals surface area contributed by atoms with Crippen LogP contribution in [0.5, 0.6) is 17.2 Å². The highest BCUT2D eigenvalue weighted by Gasteiger charge is 2.21. The van der Waals surface area contributed by atoms with Gasteiger partial charge in [-0.15, -0.1) is 0 Å². The van der Waals surface area contributed by atoms with Crippen molar-refractivity contribution in [2.75, 3.05) is 32.8 Å². The van der Waals surface area contributed by atoms with Gasteiger partial charge in [-0.05, 0) is 37.3 Å². The van der Waals surface area contributed by atoms with E-state index in [9.17, 15) is 14.4 Å². The van der Waals surface area contributed by atoms with Crippen molar-refractivity contribution in [2.45, 2.75) is 6.92 Å². The normalized spacial score (nSPS) is 10.4. The third-order valence-electron chi connectivity index (χ3n) is 4.46. The molecule has 3 rings (SSSR count). The predicted octanol–water partition coefficient (Wildman–Crippen LogP) is 3.21. The maximum Gasteiger partial charge on any atom is 0.362 e. The first kappa shape index (κ1) is 24.8. The van der Waals surface area contributed by atoms with Crippen molar-refractivity contribution in [1.82, 2.24) is 9.78 Å². The van der Waals surface area contributed by atoms with E-state index in [4.69, 9.17) is 18.9 Å². The molecule has 0 aliphatic rings. The zero-order chi connectivity index (χ0) is 24.7. The zero-order valence-electron chi connectivity index (χ0n) is 18.7. The Morgan fingerprint density at radius 2 is 1.85 bits per heavy atom. The van der Waals surface area contributed by atoms with Gasteiger partial charge < -0.3 is 24.3 Å². The van der Waals surface area contributed by atoms with Gasteiger partial charge in [0.1, 0.15) is 11.5 Å². The quantitative estimate of drug-likeness (QED) is 0.418. The van der Waals surface area contributed by atoms with Gasteiger partial charge in [0.25, 0.3) is 11.5 Å². The summed E-state index contributed by atoms with van der Waals surface area (Å²) in [6, 6.07) is 12.8. The molecule has 0 aliphatic carbocycles. The van der Waals surface area contributed by atoms with Crippen LogP contribution in [0.1, 0.15) is 17.4 Å². The predicted molar refractivity (Wildman–Crippen MR) is 127 cm³/mol. The summed E-state index contributed by atoms with van der Waals surface area (Å²) in [7, 11) is 2.96. The lowest BCUT2D eigenvalue weighted by Crippen LogP contribution is -2.27. The van der Waals surface area contributed by atoms with Crippen LogP contribution < -0.4 is 25.1 Å². The van der Waals surface area contributed by atoms with E-state index < -0.39 is 24.0 Å². The van der Waals surface area contributed by atoms with Gasteiger partial charge in [0.2, 0.25) is 5.69 Å². The molecule has 0 fully saturated rings. The Hall–Kier alpha value is -3.86. The fourth-order valence-electron chi connectivity index (χ4n) is 2.93. The molecule has 2 aromatic carbocycles. The number of methoxy groups -OCH3 is 2. The molecule has 1 amide bonds. The number of esters is 1. The van der Waals surface area contributed by atoms with Crippen LogP contribution in [0.2, 0.25) is 0 Å². The molecular formula is C23H22BrN3O7. The number of nitrogens with one attached hydrogen (secondary N) is 1. The minimum atomic E-state index is -0.795. The summed E-state index contributed by atoms with van der Waals surface area (Å²) in [4.78, 5) is 37.7. The lowest BCUT2D eigenvalue weighted by molar-refractivity contribution is -0.118. The lowest BCUT2D eigenvalue weighted by atomic mass is 10.2. The largest absolute Gasteiger partial charge is 0.497 e. The Bertz CT molecular complexity index is 1260. The number of benzene rings is 2. The fraction of sp³-hybridized carbons (Fsp3) is 0.217. The number of hydrogen-bond donors (Lipinski definition) is 1. The summed E-state index contributed by atoms with van der Waals surface area (Å²) in [5, 5.41) is 6.77. The first-order valence-electron chi connectivity index (χ1n) is 10.1. The highest BCUT2D eigenvalue weighted by atomic mass is 79.9. The minimum Gasteiger partial charge on any atom is -0.497 e. The van der Waals surface area contributed by atoms with Gasteiger partial charge >= 0.3 is 5.97 Å². The highest BCUT2D eigenvalue weighted by Crippen LogP contribution is 2.29. The Labute approximate surface area is 203 Å². The van der Waals surface area contributed by atoms with Gasteiger partial charge in [0, 0.05) is 10.5 Å². The van der Waals surface area contributed by atoms with Gasteiger partial charge in [-0.2, -0.15) is 9.78 Å². The second-order valence-electron chi connectivity index (χ2n) is 6.71. The standard InChI is InChI=1S/C23H22BrN3O7/c1-4-33-23(30)22-19(12-21(29)27(26-22)15-7-5-6-14(24)10-15)34-13-20(28)25-17-11-16(31-2)8-9-18(17)32-3/h5-12H,4,13H2,1-3H3,(H,25,28). The number of ether oxygens (including phenoxy) is 4. The van der Waals surface area contributed by atoms with Crippen LogP contribution in [0, 0.1) is 0 Å². The molecule has 11 heteroatoms. The van der Waals surface area contributed by atoms with E-state index in [0.717, 1.165) is 15.2 Å². The molecule has 0 saturated heterocycles. The maximum atomic E-state index is 12.7. The van der Waals surface area contributed by atoms with Crippen molar-refractivity contribution in [3.63, 3.8) is 0 Å². The van der Waals surface area contributed by atoms with Crippen LogP contribution in [0.15, 0.2) is 57.8 Å². The van der Waals surface area contributed by atoms with Crippen molar-refractivity contribution in [3.05, 3.63) is 69.1 Å². The number of aromatic nitrogens is 2. The molecular weight excluding hydrogens is 510 g/mol. The number of carbonyl (C=O) groups is 2. The molecule has 0 unspecified atom stereocenters. The molecule has 1 heterocycles. The van der Waals surface area contributed by atoms with Crippen molar-refractivity contribution in [1.29, 1.82) is 0 Å². The van der Waals surface area contributed by atoms with E-state index in [1.54, 1.807) is 49.4 Å². The minimum absolute atomic E-state index is 0.0894.